The Morgan fingerprint density at radius 3 is 2.50 bits per heavy atom. The molecule has 106 valence electrons. The molecule has 1 rings (SSSR count). The van der Waals surface area contributed by atoms with Gasteiger partial charge in [-0.1, -0.05) is 24.0 Å². The number of amides is 1. The van der Waals surface area contributed by atoms with Crippen LogP contribution in [0.4, 0.5) is 0 Å². The third-order valence-corrected chi connectivity index (χ3v) is 2.38. The lowest BCUT2D eigenvalue weighted by atomic mass is 10.0. The molecule has 0 saturated carbocycles. The molecule has 1 aromatic rings. The van der Waals surface area contributed by atoms with Gasteiger partial charge in [0.05, 0.1) is 17.6 Å². The summed E-state index contributed by atoms with van der Waals surface area (Å²) in [4.78, 5) is 22.6. The van der Waals surface area contributed by atoms with Gasteiger partial charge >= 0.3 is 0 Å². The van der Waals surface area contributed by atoms with Crippen molar-refractivity contribution in [1.82, 2.24) is 5.32 Å². The Morgan fingerprint density at radius 2 is 1.95 bits per heavy atom. The molecule has 0 bridgehead atoms. The van der Waals surface area contributed by atoms with Gasteiger partial charge in [0.15, 0.2) is 0 Å². The summed E-state index contributed by atoms with van der Waals surface area (Å²) in [6.07, 6.45) is 0. The Hall–Kier alpha value is -2.32. The SMILES string of the molecule is C[C@H](NC(=O)c1ccccc1C#CC(C)(C)O)C(=O)[O-]. The number of aliphatic carboxylic acids is 1. The normalized spacial score (nSPS) is 12.0. The van der Waals surface area contributed by atoms with Crippen molar-refractivity contribution in [3.8, 4) is 11.8 Å². The fraction of sp³-hybridized carbons (Fsp3) is 0.333. The molecule has 0 saturated heterocycles. The average Bonchev–Trinajstić information content (AvgIpc) is 2.35. The molecule has 0 heterocycles. The molecule has 5 heteroatoms. The third kappa shape index (κ3) is 4.75. The van der Waals surface area contributed by atoms with Crippen LogP contribution in [0.3, 0.4) is 0 Å². The second-order valence-corrected chi connectivity index (χ2v) is 4.87. The van der Waals surface area contributed by atoms with Crippen LogP contribution in [0.25, 0.3) is 0 Å². The van der Waals surface area contributed by atoms with Crippen LogP contribution in [0, 0.1) is 11.8 Å². The van der Waals surface area contributed by atoms with Crippen molar-refractivity contribution >= 4 is 11.9 Å². The summed E-state index contributed by atoms with van der Waals surface area (Å²) in [5.41, 5.74) is -0.517. The van der Waals surface area contributed by atoms with Gasteiger partial charge in [-0.05, 0) is 32.9 Å². The van der Waals surface area contributed by atoms with E-state index >= 15 is 0 Å². The first kappa shape index (κ1) is 15.7. The third-order valence-electron chi connectivity index (χ3n) is 2.38. The number of rotatable bonds is 3. The van der Waals surface area contributed by atoms with Gasteiger partial charge < -0.3 is 20.3 Å². The number of carbonyl (C=O) groups is 2. The van der Waals surface area contributed by atoms with Crippen molar-refractivity contribution in [3.63, 3.8) is 0 Å². The molecule has 0 unspecified atom stereocenters. The molecular formula is C15H16NO4-. The van der Waals surface area contributed by atoms with Crippen LogP contribution in [0.2, 0.25) is 0 Å². The second kappa shape index (κ2) is 6.22. The smallest absolute Gasteiger partial charge is 0.253 e. The van der Waals surface area contributed by atoms with Crippen molar-refractivity contribution < 1.29 is 19.8 Å². The minimum Gasteiger partial charge on any atom is -0.548 e. The predicted molar refractivity (Wildman–Crippen MR) is 71.6 cm³/mol. The van der Waals surface area contributed by atoms with E-state index in [9.17, 15) is 19.8 Å². The molecule has 5 nitrogen and oxygen atoms in total. The molecule has 1 amide bonds. The van der Waals surface area contributed by atoms with E-state index in [-0.39, 0.29) is 5.56 Å². The Bertz CT molecular complexity index is 576. The van der Waals surface area contributed by atoms with Crippen molar-refractivity contribution in [3.05, 3.63) is 35.4 Å². The van der Waals surface area contributed by atoms with Crippen molar-refractivity contribution in [2.75, 3.05) is 0 Å². The van der Waals surface area contributed by atoms with Crippen molar-refractivity contribution in [2.24, 2.45) is 0 Å². The molecule has 1 atom stereocenters. The first-order chi connectivity index (χ1) is 9.20. The number of carboxylic acids is 1. The van der Waals surface area contributed by atoms with Gasteiger partial charge in [0, 0.05) is 5.56 Å². The Balaban J connectivity index is 3.04. The first-order valence-electron chi connectivity index (χ1n) is 6.07. The molecule has 20 heavy (non-hydrogen) atoms. The molecule has 1 aromatic carbocycles. The summed E-state index contributed by atoms with van der Waals surface area (Å²) < 4.78 is 0. The van der Waals surface area contributed by atoms with Crippen LogP contribution < -0.4 is 10.4 Å². The topological polar surface area (TPSA) is 89.5 Å². The van der Waals surface area contributed by atoms with Crippen molar-refractivity contribution in [2.45, 2.75) is 32.4 Å². The van der Waals surface area contributed by atoms with Crippen molar-refractivity contribution in [1.29, 1.82) is 0 Å². The maximum absolute atomic E-state index is 12.0. The fourth-order valence-corrected chi connectivity index (χ4v) is 1.34. The first-order valence-corrected chi connectivity index (χ1v) is 6.07. The van der Waals surface area contributed by atoms with E-state index in [1.165, 1.54) is 26.8 Å². The standard InChI is InChI=1S/C15H17NO4/c1-10(14(18)19)16-13(17)12-7-5-4-6-11(12)8-9-15(2,3)20/h4-7,10,20H,1-3H3,(H,16,17)(H,18,19)/p-1/t10-/m0/s1. The summed E-state index contributed by atoms with van der Waals surface area (Å²) in [5.74, 6) is 3.40. The molecule has 0 spiro atoms. The molecule has 0 radical (unpaired) electrons. The van der Waals surface area contributed by atoms with Gasteiger partial charge in [-0.2, -0.15) is 0 Å². The van der Waals surface area contributed by atoms with Crippen LogP contribution in [-0.2, 0) is 4.79 Å². The summed E-state index contributed by atoms with van der Waals surface area (Å²) in [6.45, 7) is 4.38. The summed E-state index contributed by atoms with van der Waals surface area (Å²) in [7, 11) is 0. The number of aliphatic hydroxyl groups is 1. The van der Waals surface area contributed by atoms with E-state index in [2.05, 4.69) is 17.2 Å². The summed E-state index contributed by atoms with van der Waals surface area (Å²) >= 11 is 0. The van der Waals surface area contributed by atoms with Crippen LogP contribution in [0.5, 0.6) is 0 Å². The lowest BCUT2D eigenvalue weighted by molar-refractivity contribution is -0.307. The van der Waals surface area contributed by atoms with E-state index in [1.54, 1.807) is 18.2 Å². The quantitative estimate of drug-likeness (QED) is 0.739. The van der Waals surface area contributed by atoms with Gasteiger partial charge in [-0.15, -0.1) is 0 Å². The zero-order valence-corrected chi connectivity index (χ0v) is 11.6. The van der Waals surface area contributed by atoms with E-state index in [4.69, 9.17) is 0 Å². The number of hydrogen-bond donors (Lipinski definition) is 2. The molecule has 2 N–H and O–H groups in total. The van der Waals surface area contributed by atoms with E-state index < -0.39 is 23.5 Å². The molecule has 0 aliphatic heterocycles. The molecular weight excluding hydrogens is 258 g/mol. The highest BCUT2D eigenvalue weighted by Gasteiger charge is 2.13. The van der Waals surface area contributed by atoms with Crippen LogP contribution in [0.15, 0.2) is 24.3 Å². The zero-order chi connectivity index (χ0) is 15.3. The number of carboxylic acid groups (broad SMARTS) is 1. The Morgan fingerprint density at radius 1 is 1.35 bits per heavy atom. The highest BCUT2D eigenvalue weighted by atomic mass is 16.4. The maximum Gasteiger partial charge on any atom is 0.253 e. The highest BCUT2D eigenvalue weighted by molar-refractivity contribution is 5.98. The zero-order valence-electron chi connectivity index (χ0n) is 11.6. The molecule has 0 fully saturated rings. The van der Waals surface area contributed by atoms with Crippen LogP contribution in [0.1, 0.15) is 36.7 Å². The number of carbonyl (C=O) groups excluding carboxylic acids is 2. The number of nitrogens with one attached hydrogen (secondary N) is 1. The van der Waals surface area contributed by atoms with E-state index in [1.807, 2.05) is 0 Å². The van der Waals surface area contributed by atoms with E-state index in [0.717, 1.165) is 0 Å². The second-order valence-electron chi connectivity index (χ2n) is 4.87. The van der Waals surface area contributed by atoms with Gasteiger partial charge in [0.1, 0.15) is 5.60 Å². The molecule has 0 aliphatic rings. The van der Waals surface area contributed by atoms with Gasteiger partial charge in [-0.3, -0.25) is 4.79 Å². The summed E-state index contributed by atoms with van der Waals surface area (Å²) in [6, 6.07) is 5.40. The number of hydrogen-bond acceptors (Lipinski definition) is 4. The predicted octanol–water partition coefficient (Wildman–Crippen LogP) is -0.323. The van der Waals surface area contributed by atoms with E-state index in [0.29, 0.717) is 5.56 Å². The average molecular weight is 274 g/mol. The summed E-state index contributed by atoms with van der Waals surface area (Å²) in [5, 5.41) is 22.5. The van der Waals surface area contributed by atoms with Crippen LogP contribution in [-0.4, -0.2) is 28.6 Å². The number of benzene rings is 1. The fourth-order valence-electron chi connectivity index (χ4n) is 1.34. The monoisotopic (exact) mass is 274 g/mol. The van der Waals surface area contributed by atoms with Crippen LogP contribution >= 0.6 is 0 Å². The minimum atomic E-state index is -1.36. The molecule has 0 aromatic heterocycles. The van der Waals surface area contributed by atoms with Gasteiger partial charge in [0.25, 0.3) is 5.91 Å². The maximum atomic E-state index is 12.0. The Labute approximate surface area is 117 Å². The van der Waals surface area contributed by atoms with Gasteiger partial charge in [-0.25, -0.2) is 0 Å². The minimum absolute atomic E-state index is 0.248. The molecule has 0 aliphatic carbocycles. The lowest BCUT2D eigenvalue weighted by Gasteiger charge is -2.15. The lowest BCUT2D eigenvalue weighted by Crippen LogP contribution is -2.46. The Kier molecular flexibility index (Phi) is 4.89. The largest absolute Gasteiger partial charge is 0.548 e. The highest BCUT2D eigenvalue weighted by Crippen LogP contribution is 2.08. The van der Waals surface area contributed by atoms with Gasteiger partial charge in [0.2, 0.25) is 0 Å².